The van der Waals surface area contributed by atoms with Crippen LogP contribution in [0.2, 0.25) is 0 Å². The molecule has 0 radical (unpaired) electrons. The number of pyridine rings is 2. The molecular formula is C28H24F3N7O3. The number of hydrogen-bond acceptors (Lipinski definition) is 8. The van der Waals surface area contributed by atoms with Crippen LogP contribution >= 0.6 is 0 Å². The number of aromatic nitrogens is 6. The number of rotatable bonds is 7. The molecule has 13 heteroatoms. The molecule has 2 saturated heterocycles. The second-order valence-electron chi connectivity index (χ2n) is 10.2. The molecule has 0 spiro atoms. The highest BCUT2D eigenvalue weighted by atomic mass is 19.3. The summed E-state index contributed by atoms with van der Waals surface area (Å²) in [4.78, 5) is 24.8. The molecule has 0 amide bonds. The molecule has 6 heterocycles. The minimum atomic E-state index is -2.87. The maximum Gasteiger partial charge on any atom is 0.329 e. The third-order valence-electron chi connectivity index (χ3n) is 7.74. The smallest absolute Gasteiger partial charge is 0.329 e. The second-order valence-corrected chi connectivity index (χ2v) is 10.2. The summed E-state index contributed by atoms with van der Waals surface area (Å²) in [5.41, 5.74) is 2.68. The lowest BCUT2D eigenvalue weighted by atomic mass is 10.1. The average molecular weight is 564 g/mol. The van der Waals surface area contributed by atoms with E-state index in [1.165, 1.54) is 16.8 Å². The van der Waals surface area contributed by atoms with Gasteiger partial charge in [0.2, 0.25) is 5.89 Å². The summed E-state index contributed by atoms with van der Waals surface area (Å²) < 4.78 is 54.8. The fourth-order valence-corrected chi connectivity index (χ4v) is 5.54. The van der Waals surface area contributed by atoms with Crippen LogP contribution in [0.25, 0.3) is 33.6 Å². The van der Waals surface area contributed by atoms with Crippen LogP contribution in [-0.4, -0.2) is 66.5 Å². The fourth-order valence-electron chi connectivity index (χ4n) is 5.54. The van der Waals surface area contributed by atoms with Gasteiger partial charge >= 0.3 is 12.1 Å². The van der Waals surface area contributed by atoms with Gasteiger partial charge in [-0.1, -0.05) is 6.07 Å². The van der Waals surface area contributed by atoms with Crippen LogP contribution in [0, 0.1) is 5.82 Å². The van der Waals surface area contributed by atoms with E-state index in [0.29, 0.717) is 59.2 Å². The van der Waals surface area contributed by atoms with Gasteiger partial charge in [0.25, 0.3) is 5.89 Å². The van der Waals surface area contributed by atoms with Crippen LogP contribution in [0.4, 0.5) is 13.2 Å². The van der Waals surface area contributed by atoms with Crippen LogP contribution in [0.3, 0.4) is 0 Å². The topological polar surface area (TPSA) is 104 Å². The van der Waals surface area contributed by atoms with E-state index in [1.807, 2.05) is 0 Å². The minimum absolute atomic E-state index is 0.0767. The third kappa shape index (κ3) is 4.60. The molecule has 5 aromatic rings. The highest BCUT2D eigenvalue weighted by Gasteiger charge is 2.35. The Labute approximate surface area is 231 Å². The lowest BCUT2D eigenvalue weighted by Gasteiger charge is -2.34. The maximum absolute atomic E-state index is 15.5. The zero-order valence-electron chi connectivity index (χ0n) is 21.7. The van der Waals surface area contributed by atoms with Crippen LogP contribution in [0.5, 0.6) is 0 Å². The lowest BCUT2D eigenvalue weighted by Crippen LogP contribution is -2.48. The molecule has 1 atom stereocenters. The summed E-state index contributed by atoms with van der Waals surface area (Å²) in [6.45, 7) is 3.00. The van der Waals surface area contributed by atoms with Crippen molar-refractivity contribution in [3.63, 3.8) is 0 Å². The number of alkyl halides is 2. The molecule has 0 saturated carbocycles. The number of halogens is 3. The first kappa shape index (κ1) is 25.6. The van der Waals surface area contributed by atoms with Crippen LogP contribution in [-0.2, 0) is 11.3 Å². The summed E-state index contributed by atoms with van der Waals surface area (Å²) >= 11 is 0. The van der Waals surface area contributed by atoms with E-state index in [-0.39, 0.29) is 24.2 Å². The molecule has 0 N–H and O–H groups in total. The zero-order chi connectivity index (χ0) is 28.1. The van der Waals surface area contributed by atoms with Crippen molar-refractivity contribution >= 4 is 11.0 Å². The quantitative estimate of drug-likeness (QED) is 0.292. The normalized spacial score (nSPS) is 18.0. The molecule has 7 rings (SSSR count). The van der Waals surface area contributed by atoms with E-state index in [2.05, 4.69) is 25.1 Å². The molecule has 0 bridgehead atoms. The van der Waals surface area contributed by atoms with E-state index in [4.69, 9.17) is 9.15 Å². The third-order valence-corrected chi connectivity index (χ3v) is 7.74. The molecule has 41 heavy (non-hydrogen) atoms. The Hall–Kier alpha value is -4.36. The summed E-state index contributed by atoms with van der Waals surface area (Å²) in [6.07, 6.45) is 2.54. The van der Waals surface area contributed by atoms with E-state index in [9.17, 15) is 13.6 Å². The molecule has 1 aromatic carbocycles. The van der Waals surface area contributed by atoms with Crippen LogP contribution < -0.4 is 5.69 Å². The van der Waals surface area contributed by atoms with Crippen molar-refractivity contribution in [2.45, 2.75) is 31.5 Å². The highest BCUT2D eigenvalue weighted by molar-refractivity contribution is 5.83. The molecule has 0 unspecified atom stereocenters. The Bertz CT molecular complexity index is 1760. The maximum atomic E-state index is 15.5. The summed E-state index contributed by atoms with van der Waals surface area (Å²) in [5.74, 6) is -1.32. The van der Waals surface area contributed by atoms with E-state index >= 15 is 4.39 Å². The minimum Gasteiger partial charge on any atom is -0.415 e. The molecule has 2 fully saturated rings. The SMILES string of the molecule is O=c1n(Cc2ccc(-c3nnc(C(F)F)o3)cn2)c2cc(F)c(-c3cccnc3)cc2n1[C@@H]1CCN(C2COC2)C1. The Morgan fingerprint density at radius 2 is 1.90 bits per heavy atom. The predicted octanol–water partition coefficient (Wildman–Crippen LogP) is 4.08. The highest BCUT2D eigenvalue weighted by Crippen LogP contribution is 2.32. The van der Waals surface area contributed by atoms with E-state index in [1.54, 1.807) is 47.3 Å². The number of fused-ring (bicyclic) bond motifs is 1. The molecular weight excluding hydrogens is 539 g/mol. The number of imidazole rings is 1. The Morgan fingerprint density at radius 3 is 2.59 bits per heavy atom. The van der Waals surface area contributed by atoms with Crippen molar-refractivity contribution < 1.29 is 22.3 Å². The Balaban J connectivity index is 1.27. The van der Waals surface area contributed by atoms with Gasteiger partial charge in [-0.15, -0.1) is 10.2 Å². The van der Waals surface area contributed by atoms with Crippen molar-refractivity contribution in [3.05, 3.63) is 82.9 Å². The number of ether oxygens (including phenoxy) is 1. The number of nitrogens with zero attached hydrogens (tertiary/aromatic N) is 7. The van der Waals surface area contributed by atoms with E-state index in [0.717, 1.165) is 13.0 Å². The van der Waals surface area contributed by atoms with Crippen molar-refractivity contribution in [1.29, 1.82) is 0 Å². The summed E-state index contributed by atoms with van der Waals surface area (Å²) in [7, 11) is 0. The molecule has 2 aliphatic heterocycles. The number of likely N-dealkylation sites (tertiary alicyclic amines) is 1. The Kier molecular flexibility index (Phi) is 6.39. The molecule has 4 aromatic heterocycles. The van der Waals surface area contributed by atoms with Gasteiger partial charge in [0, 0.05) is 48.9 Å². The van der Waals surface area contributed by atoms with Gasteiger partial charge in [0.1, 0.15) is 5.82 Å². The van der Waals surface area contributed by atoms with Crippen molar-refractivity contribution in [2.24, 2.45) is 0 Å². The molecule has 2 aliphatic rings. The fraction of sp³-hybridized carbons (Fsp3) is 0.321. The predicted molar refractivity (Wildman–Crippen MR) is 141 cm³/mol. The van der Waals surface area contributed by atoms with Crippen molar-refractivity contribution in [1.82, 2.24) is 34.2 Å². The monoisotopic (exact) mass is 563 g/mol. The van der Waals surface area contributed by atoms with Gasteiger partial charge in [-0.25, -0.2) is 9.18 Å². The second kappa shape index (κ2) is 10.2. The standard InChI is InChI=1S/C28H24F3N7O3/c29-22-9-23-24(8-21(22)16-2-1-6-32-10-16)38(19-5-7-36(13-19)20-14-40-15-20)28(39)37(23)12-18-4-3-17(11-33-18)26-34-35-27(41-26)25(30)31/h1-4,6,8-11,19-20,25H,5,7,12-15H2/t19-/m1/s1. The van der Waals surface area contributed by atoms with E-state index < -0.39 is 18.1 Å². The largest absolute Gasteiger partial charge is 0.415 e. The van der Waals surface area contributed by atoms with Crippen molar-refractivity contribution in [3.8, 4) is 22.6 Å². The van der Waals surface area contributed by atoms with Gasteiger partial charge in [-0.2, -0.15) is 8.78 Å². The molecule has 0 aliphatic carbocycles. The lowest BCUT2D eigenvalue weighted by molar-refractivity contribution is -0.0578. The number of benzene rings is 1. The van der Waals surface area contributed by atoms with Gasteiger partial charge in [0.05, 0.1) is 54.1 Å². The number of hydrogen-bond donors (Lipinski definition) is 0. The van der Waals surface area contributed by atoms with Gasteiger partial charge < -0.3 is 9.15 Å². The van der Waals surface area contributed by atoms with Crippen LogP contribution in [0.15, 0.2) is 64.2 Å². The Morgan fingerprint density at radius 1 is 1.02 bits per heavy atom. The van der Waals surface area contributed by atoms with Gasteiger partial charge in [-0.3, -0.25) is 24.0 Å². The van der Waals surface area contributed by atoms with Crippen molar-refractivity contribution in [2.75, 3.05) is 26.3 Å². The first-order valence-corrected chi connectivity index (χ1v) is 13.2. The summed E-state index contributed by atoms with van der Waals surface area (Å²) in [6, 6.07) is 10.1. The first-order chi connectivity index (χ1) is 20.0. The average Bonchev–Trinajstić information content (AvgIpc) is 3.68. The van der Waals surface area contributed by atoms with Gasteiger partial charge in [-0.05, 0) is 30.7 Å². The van der Waals surface area contributed by atoms with Gasteiger partial charge in [0.15, 0.2) is 0 Å². The zero-order valence-corrected chi connectivity index (χ0v) is 21.7. The molecule has 210 valence electrons. The van der Waals surface area contributed by atoms with Crippen LogP contribution in [0.1, 0.15) is 30.5 Å². The summed E-state index contributed by atoms with van der Waals surface area (Å²) in [5, 5.41) is 6.98. The molecule has 10 nitrogen and oxygen atoms in total. The first-order valence-electron chi connectivity index (χ1n) is 13.2.